The van der Waals surface area contributed by atoms with Crippen LogP contribution in [0.15, 0.2) is 30.3 Å². The highest BCUT2D eigenvalue weighted by Gasteiger charge is 2.32. The summed E-state index contributed by atoms with van der Waals surface area (Å²) in [4.78, 5) is 0. The van der Waals surface area contributed by atoms with Gasteiger partial charge in [-0.25, -0.2) is 0 Å². The molecule has 2 aliphatic heterocycles. The number of aryl methyl sites for hydroxylation is 3. The van der Waals surface area contributed by atoms with Crippen molar-refractivity contribution < 1.29 is 9.47 Å². The van der Waals surface area contributed by atoms with Crippen LogP contribution in [0.2, 0.25) is 0 Å². The third kappa shape index (κ3) is 4.50. The Morgan fingerprint density at radius 2 is 1.40 bits per heavy atom. The lowest BCUT2D eigenvalue weighted by Gasteiger charge is -2.20. The Labute approximate surface area is 153 Å². The SMILES string of the molecule is CC.Cc1cc(C)c2c(c1)COC2(C)C.Cc1ccc2c(c1)COC2. The van der Waals surface area contributed by atoms with Crippen LogP contribution in [-0.2, 0) is 34.9 Å². The first-order chi connectivity index (χ1) is 11.9. The van der Waals surface area contributed by atoms with Crippen molar-refractivity contribution in [3.05, 3.63) is 69.3 Å². The Kier molecular flexibility index (Phi) is 6.42. The Bertz CT molecular complexity index is 729. The van der Waals surface area contributed by atoms with Crippen molar-refractivity contribution in [3.63, 3.8) is 0 Å². The zero-order valence-electron chi connectivity index (χ0n) is 16.8. The average Bonchev–Trinajstić information content (AvgIpc) is 3.13. The molecule has 0 aromatic heterocycles. The minimum Gasteiger partial charge on any atom is -0.372 e. The van der Waals surface area contributed by atoms with Gasteiger partial charge in [-0.2, -0.15) is 0 Å². The minimum absolute atomic E-state index is 0.0902. The van der Waals surface area contributed by atoms with Crippen LogP contribution in [0.4, 0.5) is 0 Å². The van der Waals surface area contributed by atoms with Gasteiger partial charge >= 0.3 is 0 Å². The van der Waals surface area contributed by atoms with Crippen LogP contribution in [0, 0.1) is 20.8 Å². The number of hydrogen-bond acceptors (Lipinski definition) is 2. The Balaban J connectivity index is 0.000000168. The first-order valence-electron chi connectivity index (χ1n) is 9.27. The van der Waals surface area contributed by atoms with E-state index in [9.17, 15) is 0 Å². The van der Waals surface area contributed by atoms with Crippen LogP contribution in [0.5, 0.6) is 0 Å². The van der Waals surface area contributed by atoms with Crippen LogP contribution in [0.1, 0.15) is 66.6 Å². The topological polar surface area (TPSA) is 18.5 Å². The van der Waals surface area contributed by atoms with Gasteiger partial charge in [-0.3, -0.25) is 0 Å². The van der Waals surface area contributed by atoms with Crippen LogP contribution >= 0.6 is 0 Å². The summed E-state index contributed by atoms with van der Waals surface area (Å²) in [5, 5.41) is 0. The fourth-order valence-corrected chi connectivity index (χ4v) is 3.66. The molecule has 0 amide bonds. The van der Waals surface area contributed by atoms with Gasteiger partial charge in [-0.1, -0.05) is 55.3 Å². The molecule has 2 aromatic carbocycles. The van der Waals surface area contributed by atoms with E-state index in [2.05, 4.69) is 65.0 Å². The van der Waals surface area contributed by atoms with Crippen molar-refractivity contribution in [1.29, 1.82) is 0 Å². The molecule has 0 saturated heterocycles. The third-order valence-electron chi connectivity index (χ3n) is 4.63. The summed E-state index contributed by atoms with van der Waals surface area (Å²) in [6.45, 7) is 17.1. The molecule has 2 aliphatic rings. The summed E-state index contributed by atoms with van der Waals surface area (Å²) in [6, 6.07) is 10.9. The first kappa shape index (κ1) is 19.7. The van der Waals surface area contributed by atoms with Crippen LogP contribution in [0.3, 0.4) is 0 Å². The summed E-state index contributed by atoms with van der Waals surface area (Å²) >= 11 is 0. The molecule has 0 aliphatic carbocycles. The highest BCUT2D eigenvalue weighted by Crippen LogP contribution is 2.38. The van der Waals surface area contributed by atoms with Crippen LogP contribution in [0.25, 0.3) is 0 Å². The first-order valence-corrected chi connectivity index (χ1v) is 9.27. The van der Waals surface area contributed by atoms with Gasteiger partial charge in [0.15, 0.2) is 0 Å². The second kappa shape index (κ2) is 8.16. The predicted molar refractivity (Wildman–Crippen MR) is 105 cm³/mol. The molecular weight excluding hydrogens is 308 g/mol. The molecule has 2 heterocycles. The number of ether oxygens (including phenoxy) is 2. The summed E-state index contributed by atoms with van der Waals surface area (Å²) in [5.74, 6) is 0. The van der Waals surface area contributed by atoms with Crippen molar-refractivity contribution in [3.8, 4) is 0 Å². The van der Waals surface area contributed by atoms with E-state index in [4.69, 9.17) is 9.47 Å². The second-order valence-electron chi connectivity index (χ2n) is 7.18. The fraction of sp³-hybridized carbons (Fsp3) is 0.478. The lowest BCUT2D eigenvalue weighted by Crippen LogP contribution is -2.16. The van der Waals surface area contributed by atoms with E-state index in [1.807, 2.05) is 13.8 Å². The molecule has 0 fully saturated rings. The van der Waals surface area contributed by atoms with E-state index in [0.717, 1.165) is 19.8 Å². The molecule has 0 saturated carbocycles. The van der Waals surface area contributed by atoms with Gasteiger partial charge in [-0.15, -0.1) is 0 Å². The van der Waals surface area contributed by atoms with Crippen molar-refractivity contribution in [2.75, 3.05) is 0 Å². The number of fused-ring (bicyclic) bond motifs is 2. The molecule has 0 unspecified atom stereocenters. The fourth-order valence-electron chi connectivity index (χ4n) is 3.66. The van der Waals surface area contributed by atoms with Crippen molar-refractivity contribution in [2.45, 2.75) is 73.9 Å². The summed E-state index contributed by atoms with van der Waals surface area (Å²) in [7, 11) is 0. The van der Waals surface area contributed by atoms with Gasteiger partial charge in [-0.05, 0) is 62.4 Å². The Morgan fingerprint density at radius 3 is 2.12 bits per heavy atom. The molecule has 25 heavy (non-hydrogen) atoms. The molecule has 4 rings (SSSR count). The zero-order chi connectivity index (χ0) is 18.6. The van der Waals surface area contributed by atoms with E-state index < -0.39 is 0 Å². The van der Waals surface area contributed by atoms with Crippen molar-refractivity contribution in [2.24, 2.45) is 0 Å². The predicted octanol–water partition coefficient (Wildman–Crippen LogP) is 6.12. The van der Waals surface area contributed by atoms with Gasteiger partial charge < -0.3 is 9.47 Å². The standard InChI is InChI=1S/C12H16O.C9H10O.C2H6/c1-8-5-9(2)11-10(6-8)7-13-12(11,3)4;1-7-2-3-8-5-10-6-9(8)4-7;1-2/h5-6H,7H2,1-4H3;2-4H,5-6H2,1H3;1-2H3. The quantitative estimate of drug-likeness (QED) is 0.575. The summed E-state index contributed by atoms with van der Waals surface area (Å²) in [5.41, 5.74) is 9.39. The van der Waals surface area contributed by atoms with Gasteiger partial charge in [0.1, 0.15) is 0 Å². The maximum Gasteiger partial charge on any atom is 0.0885 e. The number of benzene rings is 2. The van der Waals surface area contributed by atoms with Gasteiger partial charge in [0, 0.05) is 0 Å². The molecule has 0 bridgehead atoms. The van der Waals surface area contributed by atoms with E-state index in [1.165, 1.54) is 38.9 Å². The molecule has 0 atom stereocenters. The minimum atomic E-state index is -0.0902. The van der Waals surface area contributed by atoms with Gasteiger partial charge in [0.25, 0.3) is 0 Å². The Morgan fingerprint density at radius 1 is 0.760 bits per heavy atom. The maximum atomic E-state index is 5.75. The summed E-state index contributed by atoms with van der Waals surface area (Å²) in [6.07, 6.45) is 0. The molecule has 0 spiro atoms. The molecule has 2 aromatic rings. The van der Waals surface area contributed by atoms with Gasteiger partial charge in [0.05, 0.1) is 25.4 Å². The van der Waals surface area contributed by atoms with E-state index >= 15 is 0 Å². The highest BCUT2D eigenvalue weighted by molar-refractivity contribution is 5.43. The highest BCUT2D eigenvalue weighted by atomic mass is 16.5. The molecule has 0 N–H and O–H groups in total. The van der Waals surface area contributed by atoms with E-state index in [0.29, 0.717) is 0 Å². The number of hydrogen-bond donors (Lipinski definition) is 0. The molecule has 2 nitrogen and oxygen atoms in total. The number of rotatable bonds is 0. The maximum absolute atomic E-state index is 5.75. The summed E-state index contributed by atoms with van der Waals surface area (Å²) < 4.78 is 11.0. The van der Waals surface area contributed by atoms with Crippen LogP contribution in [-0.4, -0.2) is 0 Å². The smallest absolute Gasteiger partial charge is 0.0885 e. The van der Waals surface area contributed by atoms with Gasteiger partial charge in [0.2, 0.25) is 0 Å². The van der Waals surface area contributed by atoms with Crippen molar-refractivity contribution in [1.82, 2.24) is 0 Å². The second-order valence-corrected chi connectivity index (χ2v) is 7.18. The monoisotopic (exact) mass is 340 g/mol. The molecule has 2 heteroatoms. The zero-order valence-corrected chi connectivity index (χ0v) is 16.8. The lowest BCUT2D eigenvalue weighted by molar-refractivity contribution is -0.00818. The third-order valence-corrected chi connectivity index (χ3v) is 4.63. The molecule has 136 valence electrons. The normalized spacial score (nSPS) is 16.1. The Hall–Kier alpha value is -1.64. The van der Waals surface area contributed by atoms with E-state index in [-0.39, 0.29) is 5.60 Å². The lowest BCUT2D eigenvalue weighted by atomic mass is 9.90. The molecular formula is C23H32O2. The van der Waals surface area contributed by atoms with Crippen LogP contribution < -0.4 is 0 Å². The van der Waals surface area contributed by atoms with Crippen molar-refractivity contribution >= 4 is 0 Å². The molecule has 0 radical (unpaired) electrons. The van der Waals surface area contributed by atoms with E-state index in [1.54, 1.807) is 0 Å². The largest absolute Gasteiger partial charge is 0.372 e. The average molecular weight is 341 g/mol.